The number of carbonyl (C=O) groups excluding carboxylic acids is 1. The Morgan fingerprint density at radius 2 is 1.76 bits per heavy atom. The van der Waals surface area contributed by atoms with Gasteiger partial charge in [-0.3, -0.25) is 4.79 Å². The number of anilines is 4. The van der Waals surface area contributed by atoms with Gasteiger partial charge < -0.3 is 26.3 Å². The molecule has 0 radical (unpaired) electrons. The monoisotopic (exact) mass is 507 g/mol. The third-order valence-corrected chi connectivity index (χ3v) is 6.80. The van der Waals surface area contributed by atoms with E-state index < -0.39 is 0 Å². The lowest BCUT2D eigenvalue weighted by Crippen LogP contribution is -2.33. The fraction of sp³-hybridized carbons (Fsp3) is 0.214. The number of para-hydroxylation sites is 1. The first-order valence-electron chi connectivity index (χ1n) is 12.7. The third-order valence-electron chi connectivity index (χ3n) is 6.80. The Hall–Kier alpha value is -4.70. The standard InChI is InChI=1S/C28H29N9O/c29-19-6-8-21(9-7-19)33-26-16-24(32-20-4-2-1-3-5-20)27-31-17-25(37(27)35-26)28(38)34-22-10-12-23(13-11-22)36-15-14-30-18-36/h1-5,10-19,21,32H,6-9,29H2,(H,33,35)(H,34,38)/t19-,21-. The van der Waals surface area contributed by atoms with Gasteiger partial charge in [0.05, 0.1) is 18.2 Å². The molecule has 0 saturated heterocycles. The Labute approximate surface area is 219 Å². The van der Waals surface area contributed by atoms with E-state index in [1.165, 1.54) is 0 Å². The van der Waals surface area contributed by atoms with E-state index in [1.54, 1.807) is 23.2 Å². The lowest BCUT2D eigenvalue weighted by Gasteiger charge is -2.27. The number of nitrogens with two attached hydrogens (primary N) is 1. The fourth-order valence-corrected chi connectivity index (χ4v) is 4.76. The highest BCUT2D eigenvalue weighted by Crippen LogP contribution is 2.27. The van der Waals surface area contributed by atoms with Crippen LogP contribution in [-0.2, 0) is 0 Å². The van der Waals surface area contributed by atoms with Crippen LogP contribution in [0.15, 0.2) is 85.6 Å². The molecule has 1 aliphatic rings. The van der Waals surface area contributed by atoms with Crippen LogP contribution in [0, 0.1) is 0 Å². The van der Waals surface area contributed by atoms with E-state index in [0.29, 0.717) is 22.8 Å². The highest BCUT2D eigenvalue weighted by Gasteiger charge is 2.21. The molecule has 3 heterocycles. The zero-order valence-electron chi connectivity index (χ0n) is 20.8. The van der Waals surface area contributed by atoms with Crippen molar-refractivity contribution in [2.75, 3.05) is 16.0 Å². The maximum Gasteiger partial charge on any atom is 0.276 e. The molecule has 192 valence electrons. The van der Waals surface area contributed by atoms with Crippen molar-refractivity contribution in [3.63, 3.8) is 0 Å². The van der Waals surface area contributed by atoms with Gasteiger partial charge in [-0.2, -0.15) is 0 Å². The first-order chi connectivity index (χ1) is 18.6. The zero-order valence-corrected chi connectivity index (χ0v) is 20.8. The molecule has 1 saturated carbocycles. The van der Waals surface area contributed by atoms with Gasteiger partial charge in [0.15, 0.2) is 11.3 Å². The van der Waals surface area contributed by atoms with Crippen molar-refractivity contribution in [2.45, 2.75) is 37.8 Å². The lowest BCUT2D eigenvalue weighted by atomic mass is 9.92. The number of carbonyl (C=O) groups is 1. The highest BCUT2D eigenvalue weighted by molar-refractivity contribution is 6.03. The van der Waals surface area contributed by atoms with Crippen LogP contribution in [0.3, 0.4) is 0 Å². The summed E-state index contributed by atoms with van der Waals surface area (Å²) in [5, 5.41) is 14.7. The van der Waals surface area contributed by atoms with E-state index in [9.17, 15) is 4.79 Å². The molecule has 3 aromatic heterocycles. The largest absolute Gasteiger partial charge is 0.366 e. The molecule has 38 heavy (non-hydrogen) atoms. The summed E-state index contributed by atoms with van der Waals surface area (Å²) in [5.74, 6) is 0.375. The van der Waals surface area contributed by atoms with Gasteiger partial charge in [0.2, 0.25) is 0 Å². The quantitative estimate of drug-likeness (QED) is 0.254. The molecule has 0 spiro atoms. The smallest absolute Gasteiger partial charge is 0.276 e. The van der Waals surface area contributed by atoms with Gasteiger partial charge in [0, 0.05) is 47.6 Å². The van der Waals surface area contributed by atoms with E-state index in [0.717, 1.165) is 42.7 Å². The van der Waals surface area contributed by atoms with Gasteiger partial charge in [-0.05, 0) is 62.1 Å². The Bertz CT molecular complexity index is 1520. The Balaban J connectivity index is 1.29. The summed E-state index contributed by atoms with van der Waals surface area (Å²) in [4.78, 5) is 21.9. The van der Waals surface area contributed by atoms with E-state index in [4.69, 9.17) is 10.8 Å². The van der Waals surface area contributed by atoms with Gasteiger partial charge >= 0.3 is 0 Å². The van der Waals surface area contributed by atoms with Crippen LogP contribution in [-0.4, -0.2) is 42.1 Å². The number of nitrogens with one attached hydrogen (secondary N) is 3. The summed E-state index contributed by atoms with van der Waals surface area (Å²) in [5.41, 5.74) is 10.3. The molecule has 5 aromatic rings. The molecule has 0 unspecified atom stereocenters. The average Bonchev–Trinajstić information content (AvgIpc) is 3.62. The molecular weight excluding hydrogens is 478 g/mol. The Kier molecular flexibility index (Phi) is 6.45. The highest BCUT2D eigenvalue weighted by atomic mass is 16.2. The third kappa shape index (κ3) is 5.07. The van der Waals surface area contributed by atoms with Crippen LogP contribution in [0.25, 0.3) is 11.3 Å². The SMILES string of the molecule is N[C@H]1CC[C@H](Nc2cc(Nc3ccccc3)c3ncc(C(=O)Nc4ccc(-n5ccnc5)cc4)n3n2)CC1. The predicted molar refractivity (Wildman–Crippen MR) is 148 cm³/mol. The number of aromatic nitrogens is 5. The van der Waals surface area contributed by atoms with Gasteiger partial charge in [0.1, 0.15) is 5.82 Å². The predicted octanol–water partition coefficient (Wildman–Crippen LogP) is 4.59. The Morgan fingerprint density at radius 1 is 0.974 bits per heavy atom. The van der Waals surface area contributed by atoms with Crippen LogP contribution < -0.4 is 21.7 Å². The molecule has 10 heteroatoms. The number of hydrogen-bond donors (Lipinski definition) is 4. The van der Waals surface area contributed by atoms with Crippen molar-refractivity contribution in [1.29, 1.82) is 0 Å². The second kappa shape index (κ2) is 10.3. The van der Waals surface area contributed by atoms with Gasteiger partial charge in [-0.25, -0.2) is 14.5 Å². The minimum atomic E-state index is -0.299. The Morgan fingerprint density at radius 3 is 2.50 bits per heavy atom. The molecular formula is C28H29N9O. The van der Waals surface area contributed by atoms with Crippen LogP contribution in [0.1, 0.15) is 36.2 Å². The number of rotatable bonds is 7. The van der Waals surface area contributed by atoms with Gasteiger partial charge in [-0.1, -0.05) is 18.2 Å². The molecule has 0 aliphatic heterocycles. The summed E-state index contributed by atoms with van der Waals surface area (Å²) >= 11 is 0. The molecule has 0 atom stereocenters. The van der Waals surface area contributed by atoms with Crippen LogP contribution in [0.2, 0.25) is 0 Å². The molecule has 2 aromatic carbocycles. The molecule has 1 fully saturated rings. The van der Waals surface area contributed by atoms with E-state index >= 15 is 0 Å². The number of hydrogen-bond acceptors (Lipinski definition) is 7. The van der Waals surface area contributed by atoms with Gasteiger partial charge in [-0.15, -0.1) is 5.10 Å². The second-order valence-corrected chi connectivity index (χ2v) is 9.54. The van der Waals surface area contributed by atoms with E-state index in [-0.39, 0.29) is 18.0 Å². The number of fused-ring (bicyclic) bond motifs is 1. The maximum atomic E-state index is 13.3. The van der Waals surface area contributed by atoms with Crippen LogP contribution in [0.5, 0.6) is 0 Å². The summed E-state index contributed by atoms with van der Waals surface area (Å²) in [6, 6.07) is 19.9. The molecule has 1 amide bonds. The number of nitrogens with zero attached hydrogens (tertiary/aromatic N) is 5. The number of benzene rings is 2. The molecule has 0 bridgehead atoms. The fourth-order valence-electron chi connectivity index (χ4n) is 4.76. The molecule has 6 rings (SSSR count). The second-order valence-electron chi connectivity index (χ2n) is 9.54. The topological polar surface area (TPSA) is 127 Å². The zero-order chi connectivity index (χ0) is 25.9. The van der Waals surface area contributed by atoms with Crippen molar-refractivity contribution in [2.24, 2.45) is 5.73 Å². The summed E-state index contributed by atoms with van der Waals surface area (Å²) < 4.78 is 3.49. The normalized spacial score (nSPS) is 17.3. The van der Waals surface area contributed by atoms with E-state index in [2.05, 4.69) is 25.9 Å². The van der Waals surface area contributed by atoms with Crippen LogP contribution >= 0.6 is 0 Å². The molecule has 5 N–H and O–H groups in total. The number of amides is 1. The summed E-state index contributed by atoms with van der Waals surface area (Å²) in [6.45, 7) is 0. The average molecular weight is 508 g/mol. The summed E-state index contributed by atoms with van der Waals surface area (Å²) in [7, 11) is 0. The lowest BCUT2D eigenvalue weighted by molar-refractivity contribution is 0.102. The van der Waals surface area contributed by atoms with Crippen molar-refractivity contribution < 1.29 is 4.79 Å². The maximum absolute atomic E-state index is 13.3. The van der Waals surface area contributed by atoms with Crippen molar-refractivity contribution in [3.05, 3.63) is 91.3 Å². The van der Waals surface area contributed by atoms with E-state index in [1.807, 2.05) is 71.4 Å². The molecule has 1 aliphatic carbocycles. The summed E-state index contributed by atoms with van der Waals surface area (Å²) in [6.07, 6.45) is 10.8. The minimum Gasteiger partial charge on any atom is -0.366 e. The first-order valence-corrected chi connectivity index (χ1v) is 12.7. The molecule has 10 nitrogen and oxygen atoms in total. The van der Waals surface area contributed by atoms with Gasteiger partial charge in [0.25, 0.3) is 5.91 Å². The minimum absolute atomic E-state index is 0.261. The first kappa shape index (κ1) is 23.7. The van der Waals surface area contributed by atoms with Crippen molar-refractivity contribution in [3.8, 4) is 5.69 Å². The van der Waals surface area contributed by atoms with Crippen molar-refractivity contribution in [1.82, 2.24) is 24.1 Å². The van der Waals surface area contributed by atoms with Crippen molar-refractivity contribution >= 4 is 34.4 Å². The van der Waals surface area contributed by atoms with Crippen LogP contribution in [0.4, 0.5) is 22.9 Å². The number of imidazole rings is 2.